The van der Waals surface area contributed by atoms with Crippen molar-refractivity contribution in [2.45, 2.75) is 51.5 Å². The topological polar surface area (TPSA) is 62.7 Å². The Morgan fingerprint density at radius 3 is 2.85 bits per heavy atom. The van der Waals surface area contributed by atoms with Gasteiger partial charge in [-0.05, 0) is 27.7 Å². The molecule has 1 spiro atoms. The summed E-state index contributed by atoms with van der Waals surface area (Å²) in [5.41, 5.74) is 0.0277. The molecule has 26 heavy (non-hydrogen) atoms. The van der Waals surface area contributed by atoms with Crippen LogP contribution in [0.2, 0.25) is 0 Å². The predicted octanol–water partition coefficient (Wildman–Crippen LogP) is 1.99. The fraction of sp³-hybridized carbons (Fsp3) is 0.632. The van der Waals surface area contributed by atoms with Crippen molar-refractivity contribution < 1.29 is 14.3 Å². The van der Waals surface area contributed by atoms with Gasteiger partial charge >= 0.3 is 0 Å². The zero-order valence-corrected chi connectivity index (χ0v) is 16.7. The van der Waals surface area contributed by atoms with Crippen LogP contribution in [0.5, 0.6) is 0 Å². The molecule has 2 amide bonds. The molecule has 4 atom stereocenters. The first-order chi connectivity index (χ1) is 12.1. The van der Waals surface area contributed by atoms with Crippen molar-refractivity contribution in [3.05, 3.63) is 28.2 Å². The zero-order valence-electron chi connectivity index (χ0n) is 15.9. The number of hydrogen-bond acceptors (Lipinski definition) is 5. The third-order valence-electron chi connectivity index (χ3n) is 5.61. The number of nitrogens with zero attached hydrogens (tertiary/aromatic N) is 3. The van der Waals surface area contributed by atoms with Crippen molar-refractivity contribution in [1.29, 1.82) is 0 Å². The van der Waals surface area contributed by atoms with Gasteiger partial charge in [-0.1, -0.05) is 12.2 Å². The van der Waals surface area contributed by atoms with Crippen molar-refractivity contribution in [3.63, 3.8) is 0 Å². The van der Waals surface area contributed by atoms with Crippen LogP contribution < -0.4 is 0 Å². The number of aromatic nitrogens is 1. The lowest BCUT2D eigenvalue weighted by Gasteiger charge is -2.34. The van der Waals surface area contributed by atoms with E-state index in [1.54, 1.807) is 23.3 Å². The molecule has 0 aromatic carbocycles. The molecule has 7 heteroatoms. The van der Waals surface area contributed by atoms with E-state index in [-0.39, 0.29) is 23.5 Å². The Labute approximate surface area is 157 Å². The number of amides is 2. The van der Waals surface area contributed by atoms with Crippen LogP contribution in [-0.4, -0.2) is 57.4 Å². The molecule has 4 rings (SSSR count). The number of hydrogen-bond donors (Lipinski definition) is 0. The minimum absolute atomic E-state index is 0.0289. The van der Waals surface area contributed by atoms with Gasteiger partial charge in [0.2, 0.25) is 11.8 Å². The van der Waals surface area contributed by atoms with Crippen LogP contribution in [0.3, 0.4) is 0 Å². The molecule has 140 valence electrons. The second-order valence-electron chi connectivity index (χ2n) is 8.57. The zero-order chi connectivity index (χ0) is 18.9. The van der Waals surface area contributed by atoms with Gasteiger partial charge in [0.25, 0.3) is 0 Å². The molecule has 2 fully saturated rings. The summed E-state index contributed by atoms with van der Waals surface area (Å²) >= 11 is 1.55. The summed E-state index contributed by atoms with van der Waals surface area (Å²) in [5.74, 6) is -0.889. The molecule has 3 aliphatic heterocycles. The van der Waals surface area contributed by atoms with Gasteiger partial charge in [-0.3, -0.25) is 9.59 Å². The molecule has 6 nitrogen and oxygen atoms in total. The molecule has 2 bridgehead atoms. The normalized spacial score (nSPS) is 32.4. The van der Waals surface area contributed by atoms with Gasteiger partial charge in [-0.15, -0.1) is 11.3 Å². The summed E-state index contributed by atoms with van der Waals surface area (Å²) in [6.07, 6.45) is 3.65. The standard InChI is InChI=1S/C19H25N3O3S/c1-11-9-26-13(20-11)8-21(5)16(23)14-12-6-7-19(25-12)10-22(18(2,3)4)17(24)15(14)19/h6-7,9,12,14-15H,8,10H2,1-5H3/t12-,14-,15-,19-/m0/s1. The van der Waals surface area contributed by atoms with Gasteiger partial charge in [0, 0.05) is 23.7 Å². The fourth-order valence-electron chi connectivity index (χ4n) is 4.36. The predicted molar refractivity (Wildman–Crippen MR) is 98.5 cm³/mol. The smallest absolute Gasteiger partial charge is 0.230 e. The van der Waals surface area contributed by atoms with Gasteiger partial charge in [0.1, 0.15) is 10.6 Å². The van der Waals surface area contributed by atoms with E-state index < -0.39 is 17.4 Å². The number of fused-ring (bicyclic) bond motifs is 1. The number of carbonyl (C=O) groups excluding carboxylic acids is 2. The average molecular weight is 375 g/mol. The highest BCUT2D eigenvalue weighted by molar-refractivity contribution is 7.09. The first-order valence-corrected chi connectivity index (χ1v) is 9.85. The van der Waals surface area contributed by atoms with Crippen LogP contribution in [0.15, 0.2) is 17.5 Å². The molecule has 0 radical (unpaired) electrons. The highest BCUT2D eigenvalue weighted by atomic mass is 32.1. The summed E-state index contributed by atoms with van der Waals surface area (Å²) in [4.78, 5) is 34.3. The summed E-state index contributed by atoms with van der Waals surface area (Å²) in [6, 6.07) is 0. The van der Waals surface area contributed by atoms with E-state index in [1.165, 1.54) is 0 Å². The number of thiazole rings is 1. The Morgan fingerprint density at radius 2 is 2.23 bits per heavy atom. The van der Waals surface area contributed by atoms with Crippen LogP contribution in [-0.2, 0) is 20.9 Å². The minimum Gasteiger partial charge on any atom is -0.360 e. The van der Waals surface area contributed by atoms with E-state index in [4.69, 9.17) is 4.74 Å². The Kier molecular flexibility index (Phi) is 3.83. The third kappa shape index (κ3) is 2.52. The molecular formula is C19H25N3O3S. The van der Waals surface area contributed by atoms with Gasteiger partial charge < -0.3 is 14.5 Å². The Hall–Kier alpha value is -1.73. The van der Waals surface area contributed by atoms with Crippen LogP contribution in [0.1, 0.15) is 31.5 Å². The van der Waals surface area contributed by atoms with E-state index in [9.17, 15) is 9.59 Å². The van der Waals surface area contributed by atoms with Gasteiger partial charge in [-0.25, -0.2) is 4.98 Å². The number of ether oxygens (including phenoxy) is 1. The maximum absolute atomic E-state index is 13.2. The summed E-state index contributed by atoms with van der Waals surface area (Å²) in [5, 5.41) is 2.88. The second kappa shape index (κ2) is 5.63. The SMILES string of the molecule is Cc1csc(CN(C)C(=O)[C@H]2[C@@H]3C=C[C@@]4(CN(C(C)(C)C)C(=O)[C@H]24)O3)n1. The molecule has 0 N–H and O–H groups in total. The first kappa shape index (κ1) is 17.7. The average Bonchev–Trinajstić information content (AvgIpc) is 3.27. The first-order valence-electron chi connectivity index (χ1n) is 8.97. The molecule has 1 aromatic heterocycles. The molecule has 0 aliphatic carbocycles. The lowest BCUT2D eigenvalue weighted by Crippen LogP contribution is -2.47. The number of carbonyl (C=O) groups is 2. The minimum atomic E-state index is -0.645. The largest absolute Gasteiger partial charge is 0.360 e. The van der Waals surface area contributed by atoms with E-state index in [2.05, 4.69) is 4.98 Å². The van der Waals surface area contributed by atoms with Gasteiger partial charge in [0.05, 0.1) is 31.0 Å². The molecule has 3 aliphatic rings. The quantitative estimate of drug-likeness (QED) is 0.758. The molecule has 0 unspecified atom stereocenters. The van der Waals surface area contributed by atoms with Crippen molar-refractivity contribution in [2.75, 3.05) is 13.6 Å². The summed E-state index contributed by atoms with van der Waals surface area (Å²) in [6.45, 7) is 8.98. The highest BCUT2D eigenvalue weighted by Gasteiger charge is 2.68. The molecular weight excluding hydrogens is 350 g/mol. The van der Waals surface area contributed by atoms with E-state index in [0.717, 1.165) is 10.7 Å². The number of aryl methyl sites for hydroxylation is 1. The lowest BCUT2D eigenvalue weighted by molar-refractivity contribution is -0.144. The van der Waals surface area contributed by atoms with Crippen molar-refractivity contribution >= 4 is 23.2 Å². The maximum Gasteiger partial charge on any atom is 0.230 e. The lowest BCUT2D eigenvalue weighted by atomic mass is 9.76. The van der Waals surface area contributed by atoms with Crippen LogP contribution in [0, 0.1) is 18.8 Å². The van der Waals surface area contributed by atoms with Crippen molar-refractivity contribution in [1.82, 2.24) is 14.8 Å². The molecule has 1 aromatic rings. The number of likely N-dealkylation sites (tertiary alicyclic amines) is 1. The van der Waals surface area contributed by atoms with E-state index in [0.29, 0.717) is 13.1 Å². The molecule has 2 saturated heterocycles. The highest BCUT2D eigenvalue weighted by Crippen LogP contribution is 2.53. The van der Waals surface area contributed by atoms with Crippen LogP contribution >= 0.6 is 11.3 Å². The fourth-order valence-corrected chi connectivity index (χ4v) is 5.18. The Balaban J connectivity index is 1.58. The van der Waals surface area contributed by atoms with Gasteiger partial charge in [0.15, 0.2) is 0 Å². The van der Waals surface area contributed by atoms with Crippen LogP contribution in [0.25, 0.3) is 0 Å². The summed E-state index contributed by atoms with van der Waals surface area (Å²) in [7, 11) is 1.78. The van der Waals surface area contributed by atoms with E-state index >= 15 is 0 Å². The van der Waals surface area contributed by atoms with Gasteiger partial charge in [-0.2, -0.15) is 0 Å². The van der Waals surface area contributed by atoms with Crippen LogP contribution in [0.4, 0.5) is 0 Å². The van der Waals surface area contributed by atoms with Crippen molar-refractivity contribution in [3.8, 4) is 0 Å². The monoisotopic (exact) mass is 375 g/mol. The van der Waals surface area contributed by atoms with Crippen molar-refractivity contribution in [2.24, 2.45) is 11.8 Å². The third-order valence-corrected chi connectivity index (χ3v) is 6.56. The Morgan fingerprint density at radius 1 is 1.50 bits per heavy atom. The molecule has 4 heterocycles. The maximum atomic E-state index is 13.2. The summed E-state index contributed by atoms with van der Waals surface area (Å²) < 4.78 is 6.18. The number of rotatable bonds is 3. The second-order valence-corrected chi connectivity index (χ2v) is 9.51. The molecule has 0 saturated carbocycles. The van der Waals surface area contributed by atoms with E-state index in [1.807, 2.05) is 50.1 Å². The Bertz CT molecular complexity index is 796.